The number of rotatable bonds is 3. The lowest BCUT2D eigenvalue weighted by molar-refractivity contribution is 0.195. The molecule has 3 atom stereocenters. The molecule has 2 nitrogen and oxygen atoms in total. The van der Waals surface area contributed by atoms with Gasteiger partial charge >= 0.3 is 0 Å². The third-order valence-electron chi connectivity index (χ3n) is 3.09. The lowest BCUT2D eigenvalue weighted by Crippen LogP contribution is -2.43. The van der Waals surface area contributed by atoms with Crippen LogP contribution in [0.3, 0.4) is 0 Å². The van der Waals surface area contributed by atoms with Crippen molar-refractivity contribution in [2.75, 3.05) is 6.67 Å². The van der Waals surface area contributed by atoms with Crippen molar-refractivity contribution in [2.24, 2.45) is 11.7 Å². The third-order valence-corrected chi connectivity index (χ3v) is 3.38. The molecule has 1 aliphatic rings. The Labute approximate surface area is 97.0 Å². The standard InChI is InChI=1S/C11H12ClF2NO/c12-8-3-1-2-6(10(8)14)11(15,5-13)7-4-9(7)16/h1-3,7,9,16H,4-5,15H2/t7-,9?,11+/m0/s1. The van der Waals surface area contributed by atoms with E-state index in [9.17, 15) is 13.9 Å². The number of halogens is 3. The van der Waals surface area contributed by atoms with Crippen molar-refractivity contribution in [2.45, 2.75) is 18.1 Å². The van der Waals surface area contributed by atoms with Crippen LogP contribution in [0.2, 0.25) is 5.02 Å². The average molecular weight is 248 g/mol. The highest BCUT2D eigenvalue weighted by Crippen LogP contribution is 2.45. The minimum absolute atomic E-state index is 0.0315. The summed E-state index contributed by atoms with van der Waals surface area (Å²) in [5, 5.41) is 9.23. The van der Waals surface area contributed by atoms with E-state index in [4.69, 9.17) is 17.3 Å². The predicted octanol–water partition coefficient (Wildman–Crippen LogP) is 1.98. The summed E-state index contributed by atoms with van der Waals surface area (Å²) < 4.78 is 26.8. The fourth-order valence-electron chi connectivity index (χ4n) is 1.97. The first-order valence-corrected chi connectivity index (χ1v) is 5.36. The second kappa shape index (κ2) is 3.95. The summed E-state index contributed by atoms with van der Waals surface area (Å²) in [5.41, 5.74) is 4.40. The number of hydrogen-bond donors (Lipinski definition) is 2. The summed E-state index contributed by atoms with van der Waals surface area (Å²) in [6.07, 6.45) is -0.258. The third kappa shape index (κ3) is 1.71. The molecule has 0 saturated heterocycles. The molecule has 0 radical (unpaired) electrons. The molecule has 0 bridgehead atoms. The molecule has 3 N–H and O–H groups in total. The van der Waals surface area contributed by atoms with Gasteiger partial charge in [-0.05, 0) is 12.5 Å². The molecule has 16 heavy (non-hydrogen) atoms. The highest BCUT2D eigenvalue weighted by Gasteiger charge is 2.52. The molecule has 1 aromatic rings. The van der Waals surface area contributed by atoms with Gasteiger partial charge in [0.15, 0.2) is 0 Å². The highest BCUT2D eigenvalue weighted by molar-refractivity contribution is 6.30. The number of benzene rings is 1. The monoisotopic (exact) mass is 247 g/mol. The Kier molecular flexibility index (Phi) is 2.90. The quantitative estimate of drug-likeness (QED) is 0.858. The Morgan fingerprint density at radius 3 is 2.69 bits per heavy atom. The van der Waals surface area contributed by atoms with Gasteiger partial charge in [0.05, 0.1) is 16.7 Å². The van der Waals surface area contributed by atoms with E-state index in [0.29, 0.717) is 6.42 Å². The van der Waals surface area contributed by atoms with Crippen molar-refractivity contribution >= 4 is 11.6 Å². The molecule has 5 heteroatoms. The van der Waals surface area contributed by atoms with Crippen molar-refractivity contribution in [1.82, 2.24) is 0 Å². The zero-order chi connectivity index (χ0) is 11.9. The van der Waals surface area contributed by atoms with Gasteiger partial charge in [-0.25, -0.2) is 8.78 Å². The van der Waals surface area contributed by atoms with Gasteiger partial charge in [-0.1, -0.05) is 23.7 Å². The second-order valence-electron chi connectivity index (χ2n) is 4.18. The Bertz CT molecular complexity index is 415. The average Bonchev–Trinajstić information content (AvgIpc) is 2.99. The van der Waals surface area contributed by atoms with Gasteiger partial charge in [0, 0.05) is 11.5 Å². The van der Waals surface area contributed by atoms with Crippen molar-refractivity contribution in [3.05, 3.63) is 34.6 Å². The predicted molar refractivity (Wildman–Crippen MR) is 57.4 cm³/mol. The van der Waals surface area contributed by atoms with Gasteiger partial charge in [-0.3, -0.25) is 0 Å². The van der Waals surface area contributed by atoms with Crippen molar-refractivity contribution in [3.8, 4) is 0 Å². The summed E-state index contributed by atoms with van der Waals surface area (Å²) in [4.78, 5) is 0. The van der Waals surface area contributed by atoms with Gasteiger partial charge in [0.1, 0.15) is 12.5 Å². The van der Waals surface area contributed by atoms with Crippen LogP contribution >= 0.6 is 11.6 Å². The number of nitrogens with two attached hydrogens (primary N) is 1. The van der Waals surface area contributed by atoms with E-state index in [1.807, 2.05) is 0 Å². The highest BCUT2D eigenvalue weighted by atomic mass is 35.5. The minimum Gasteiger partial charge on any atom is -0.393 e. The SMILES string of the molecule is N[C@](CF)(c1cccc(Cl)c1F)[C@H]1CC1O. The summed E-state index contributed by atoms with van der Waals surface area (Å²) in [6.45, 7) is -0.925. The summed E-state index contributed by atoms with van der Waals surface area (Å²) >= 11 is 5.62. The number of hydrogen-bond acceptors (Lipinski definition) is 2. The fourth-order valence-corrected chi connectivity index (χ4v) is 2.14. The van der Waals surface area contributed by atoms with Crippen LogP contribution in [0.15, 0.2) is 18.2 Å². The molecule has 0 spiro atoms. The Hall–Kier alpha value is -0.710. The van der Waals surface area contributed by atoms with Crippen molar-refractivity contribution < 1.29 is 13.9 Å². The Morgan fingerprint density at radius 1 is 1.56 bits per heavy atom. The first-order chi connectivity index (χ1) is 7.50. The molecule has 1 aromatic carbocycles. The van der Waals surface area contributed by atoms with Crippen LogP contribution in [-0.2, 0) is 5.54 Å². The second-order valence-corrected chi connectivity index (χ2v) is 4.59. The van der Waals surface area contributed by atoms with Crippen molar-refractivity contribution in [3.63, 3.8) is 0 Å². The van der Waals surface area contributed by atoms with E-state index in [1.54, 1.807) is 0 Å². The molecule has 1 saturated carbocycles. The maximum absolute atomic E-state index is 13.7. The van der Waals surface area contributed by atoms with E-state index < -0.39 is 30.1 Å². The maximum atomic E-state index is 13.7. The van der Waals surface area contributed by atoms with Crippen LogP contribution in [0.25, 0.3) is 0 Å². The lowest BCUT2D eigenvalue weighted by atomic mass is 9.86. The zero-order valence-corrected chi connectivity index (χ0v) is 9.22. The van der Waals surface area contributed by atoms with Gasteiger partial charge in [0.2, 0.25) is 0 Å². The molecule has 88 valence electrons. The molecule has 0 heterocycles. The lowest BCUT2D eigenvalue weighted by Gasteiger charge is -2.27. The topological polar surface area (TPSA) is 46.2 Å². The fraction of sp³-hybridized carbons (Fsp3) is 0.455. The molecule has 0 aliphatic heterocycles. The van der Waals surface area contributed by atoms with Gasteiger partial charge < -0.3 is 10.8 Å². The van der Waals surface area contributed by atoms with E-state index in [1.165, 1.54) is 18.2 Å². The van der Waals surface area contributed by atoms with Gasteiger partial charge in [-0.2, -0.15) is 0 Å². The van der Waals surface area contributed by atoms with Crippen molar-refractivity contribution in [1.29, 1.82) is 0 Å². The molecule has 2 rings (SSSR count). The Balaban J connectivity index is 2.44. The number of alkyl halides is 1. The van der Waals surface area contributed by atoms with E-state index in [2.05, 4.69) is 0 Å². The van der Waals surface area contributed by atoms with E-state index in [-0.39, 0.29) is 10.6 Å². The van der Waals surface area contributed by atoms with Crippen LogP contribution in [0, 0.1) is 11.7 Å². The Morgan fingerprint density at radius 2 is 2.19 bits per heavy atom. The molecule has 0 aromatic heterocycles. The van der Waals surface area contributed by atoms with Crippen LogP contribution in [-0.4, -0.2) is 17.9 Å². The minimum atomic E-state index is -1.48. The molecular formula is C11H12ClF2NO. The maximum Gasteiger partial charge on any atom is 0.146 e. The summed E-state index contributed by atoms with van der Waals surface area (Å²) in [6, 6.07) is 4.31. The normalized spacial score (nSPS) is 27.6. The summed E-state index contributed by atoms with van der Waals surface area (Å²) in [7, 11) is 0. The molecule has 1 aliphatic carbocycles. The van der Waals surface area contributed by atoms with Crippen LogP contribution in [0.1, 0.15) is 12.0 Å². The summed E-state index contributed by atoms with van der Waals surface area (Å²) in [5.74, 6) is -1.14. The number of aliphatic hydroxyl groups is 1. The smallest absolute Gasteiger partial charge is 0.146 e. The van der Waals surface area contributed by atoms with Crippen LogP contribution in [0.5, 0.6) is 0 Å². The van der Waals surface area contributed by atoms with Crippen LogP contribution < -0.4 is 5.73 Å². The first-order valence-electron chi connectivity index (χ1n) is 4.98. The molecule has 1 fully saturated rings. The van der Waals surface area contributed by atoms with Gasteiger partial charge in [0.25, 0.3) is 0 Å². The molecule has 0 amide bonds. The van der Waals surface area contributed by atoms with E-state index in [0.717, 1.165) is 0 Å². The molecule has 1 unspecified atom stereocenters. The van der Waals surface area contributed by atoms with Crippen LogP contribution in [0.4, 0.5) is 8.78 Å². The van der Waals surface area contributed by atoms with Gasteiger partial charge in [-0.15, -0.1) is 0 Å². The number of aliphatic hydroxyl groups excluding tert-OH is 1. The largest absolute Gasteiger partial charge is 0.393 e. The first kappa shape index (κ1) is 11.8. The van der Waals surface area contributed by atoms with E-state index >= 15 is 0 Å². The zero-order valence-electron chi connectivity index (χ0n) is 8.46. The molecular weight excluding hydrogens is 236 g/mol.